The highest BCUT2D eigenvalue weighted by Crippen LogP contribution is 2.26. The fourth-order valence-electron chi connectivity index (χ4n) is 1.58. The summed E-state index contributed by atoms with van der Waals surface area (Å²) in [6, 6.07) is 4.45. The Labute approximate surface area is 104 Å². The predicted molar refractivity (Wildman–Crippen MR) is 62.4 cm³/mol. The summed E-state index contributed by atoms with van der Waals surface area (Å²) in [5, 5.41) is 36.5. The van der Waals surface area contributed by atoms with Gasteiger partial charge in [-0.2, -0.15) is 0 Å². The number of carboxylic acid groups (broad SMARTS) is 1. The Morgan fingerprint density at radius 1 is 1.39 bits per heavy atom. The SMILES string of the molecule is COc1cc(C(O)C(O)CO)ccc1CC(=O)O. The Kier molecular flexibility index (Phi) is 5.08. The molecule has 6 heteroatoms. The molecular weight excluding hydrogens is 240 g/mol. The van der Waals surface area contributed by atoms with Crippen LogP contribution in [0.3, 0.4) is 0 Å². The molecule has 0 aliphatic heterocycles. The second-order valence-corrected chi connectivity index (χ2v) is 3.84. The molecule has 0 aliphatic rings. The van der Waals surface area contributed by atoms with Crippen LogP contribution in [0.25, 0.3) is 0 Å². The van der Waals surface area contributed by atoms with Crippen LogP contribution in [0.2, 0.25) is 0 Å². The minimum Gasteiger partial charge on any atom is -0.496 e. The van der Waals surface area contributed by atoms with E-state index in [0.29, 0.717) is 16.9 Å². The molecule has 1 rings (SSSR count). The predicted octanol–water partition coefficient (Wildman–Crippen LogP) is -0.291. The van der Waals surface area contributed by atoms with Crippen molar-refractivity contribution >= 4 is 5.97 Å². The minimum atomic E-state index is -1.29. The summed E-state index contributed by atoms with van der Waals surface area (Å²) in [4.78, 5) is 10.6. The van der Waals surface area contributed by atoms with Crippen LogP contribution >= 0.6 is 0 Å². The number of ether oxygens (including phenoxy) is 1. The molecule has 0 fully saturated rings. The molecule has 2 unspecified atom stereocenters. The van der Waals surface area contributed by atoms with E-state index >= 15 is 0 Å². The maximum Gasteiger partial charge on any atom is 0.307 e. The molecule has 18 heavy (non-hydrogen) atoms. The average molecular weight is 256 g/mol. The van der Waals surface area contributed by atoms with E-state index in [0.717, 1.165) is 0 Å². The Hall–Kier alpha value is -1.63. The van der Waals surface area contributed by atoms with Crippen LogP contribution < -0.4 is 4.74 Å². The quantitative estimate of drug-likeness (QED) is 0.557. The van der Waals surface area contributed by atoms with Crippen molar-refractivity contribution in [3.05, 3.63) is 29.3 Å². The summed E-state index contributed by atoms with van der Waals surface area (Å²) in [5.74, 6) is -0.670. The Bertz CT molecular complexity index is 417. The molecule has 0 spiro atoms. The summed E-state index contributed by atoms with van der Waals surface area (Å²) in [6.07, 6.45) is -2.73. The number of rotatable bonds is 6. The molecule has 0 saturated heterocycles. The molecule has 0 saturated carbocycles. The first-order valence-corrected chi connectivity index (χ1v) is 5.35. The van der Waals surface area contributed by atoms with Crippen molar-refractivity contribution in [2.24, 2.45) is 0 Å². The van der Waals surface area contributed by atoms with Gasteiger partial charge in [0.1, 0.15) is 18.0 Å². The third kappa shape index (κ3) is 3.43. The highest BCUT2D eigenvalue weighted by molar-refractivity contribution is 5.71. The van der Waals surface area contributed by atoms with Gasteiger partial charge in [0, 0.05) is 5.56 Å². The van der Waals surface area contributed by atoms with Crippen molar-refractivity contribution in [3.63, 3.8) is 0 Å². The van der Waals surface area contributed by atoms with Gasteiger partial charge < -0.3 is 25.2 Å². The number of aliphatic hydroxyl groups excluding tert-OH is 3. The molecule has 0 amide bonds. The first-order chi connectivity index (χ1) is 8.49. The van der Waals surface area contributed by atoms with E-state index in [1.54, 1.807) is 0 Å². The smallest absolute Gasteiger partial charge is 0.307 e. The first kappa shape index (κ1) is 14.4. The lowest BCUT2D eigenvalue weighted by molar-refractivity contribution is -0.136. The molecule has 4 N–H and O–H groups in total. The maximum absolute atomic E-state index is 10.6. The Morgan fingerprint density at radius 3 is 2.56 bits per heavy atom. The zero-order chi connectivity index (χ0) is 13.7. The van der Waals surface area contributed by atoms with Crippen LogP contribution in [-0.2, 0) is 11.2 Å². The van der Waals surface area contributed by atoms with Gasteiger partial charge in [-0.1, -0.05) is 12.1 Å². The number of hydrogen-bond donors (Lipinski definition) is 4. The van der Waals surface area contributed by atoms with E-state index in [1.165, 1.54) is 25.3 Å². The minimum absolute atomic E-state index is 0.192. The zero-order valence-electron chi connectivity index (χ0n) is 9.91. The van der Waals surface area contributed by atoms with Gasteiger partial charge in [0.25, 0.3) is 0 Å². The number of benzene rings is 1. The van der Waals surface area contributed by atoms with Gasteiger partial charge in [0.2, 0.25) is 0 Å². The summed E-state index contributed by atoms with van der Waals surface area (Å²) in [6.45, 7) is -0.569. The molecular formula is C12H16O6. The van der Waals surface area contributed by atoms with Gasteiger partial charge >= 0.3 is 5.97 Å². The summed E-state index contributed by atoms with van der Waals surface area (Å²) in [7, 11) is 1.39. The van der Waals surface area contributed by atoms with Crippen LogP contribution in [0.5, 0.6) is 5.75 Å². The van der Waals surface area contributed by atoms with Crippen LogP contribution in [-0.4, -0.2) is 46.2 Å². The van der Waals surface area contributed by atoms with Gasteiger partial charge in [0.15, 0.2) is 0 Å². The van der Waals surface area contributed by atoms with E-state index < -0.39 is 24.8 Å². The second kappa shape index (κ2) is 6.34. The lowest BCUT2D eigenvalue weighted by atomic mass is 10.0. The topological polar surface area (TPSA) is 107 Å². The van der Waals surface area contributed by atoms with Crippen LogP contribution in [0.15, 0.2) is 18.2 Å². The zero-order valence-corrected chi connectivity index (χ0v) is 9.91. The normalized spacial score (nSPS) is 14.0. The number of carboxylic acids is 1. The van der Waals surface area contributed by atoms with Crippen molar-refractivity contribution in [1.82, 2.24) is 0 Å². The molecule has 1 aromatic rings. The number of carbonyl (C=O) groups is 1. The number of methoxy groups -OCH3 is 1. The van der Waals surface area contributed by atoms with Crippen LogP contribution in [0.1, 0.15) is 17.2 Å². The fraction of sp³-hybridized carbons (Fsp3) is 0.417. The van der Waals surface area contributed by atoms with Crippen LogP contribution in [0.4, 0.5) is 0 Å². The standard InChI is InChI=1S/C12H16O6/c1-18-10-4-8(12(17)9(14)6-13)3-2-7(10)5-11(15)16/h2-4,9,12-14,17H,5-6H2,1H3,(H,15,16). The monoisotopic (exact) mass is 256 g/mol. The van der Waals surface area contributed by atoms with Gasteiger partial charge in [-0.15, -0.1) is 0 Å². The van der Waals surface area contributed by atoms with Crippen molar-refractivity contribution in [2.75, 3.05) is 13.7 Å². The average Bonchev–Trinajstić information content (AvgIpc) is 2.36. The van der Waals surface area contributed by atoms with E-state index in [1.807, 2.05) is 0 Å². The van der Waals surface area contributed by atoms with Gasteiger partial charge in [-0.05, 0) is 11.6 Å². The lowest BCUT2D eigenvalue weighted by Crippen LogP contribution is -2.22. The second-order valence-electron chi connectivity index (χ2n) is 3.84. The lowest BCUT2D eigenvalue weighted by Gasteiger charge is -2.17. The fourth-order valence-corrected chi connectivity index (χ4v) is 1.58. The van der Waals surface area contributed by atoms with Crippen molar-refractivity contribution < 1.29 is 30.0 Å². The van der Waals surface area contributed by atoms with Gasteiger partial charge in [0.05, 0.1) is 20.1 Å². The highest BCUT2D eigenvalue weighted by atomic mass is 16.5. The van der Waals surface area contributed by atoms with Crippen molar-refractivity contribution in [3.8, 4) is 5.75 Å². The van der Waals surface area contributed by atoms with E-state index in [2.05, 4.69) is 0 Å². The molecule has 0 bridgehead atoms. The molecule has 0 aromatic heterocycles. The first-order valence-electron chi connectivity index (χ1n) is 5.35. The van der Waals surface area contributed by atoms with E-state index in [4.69, 9.17) is 14.9 Å². The van der Waals surface area contributed by atoms with E-state index in [-0.39, 0.29) is 6.42 Å². The van der Waals surface area contributed by atoms with Crippen molar-refractivity contribution in [2.45, 2.75) is 18.6 Å². The molecule has 0 aliphatic carbocycles. The molecule has 0 radical (unpaired) electrons. The summed E-state index contributed by atoms with van der Waals surface area (Å²) >= 11 is 0. The van der Waals surface area contributed by atoms with E-state index in [9.17, 15) is 15.0 Å². The third-order valence-electron chi connectivity index (χ3n) is 2.55. The van der Waals surface area contributed by atoms with Crippen LogP contribution in [0, 0.1) is 0 Å². The molecule has 100 valence electrons. The summed E-state index contributed by atoms with van der Waals surface area (Å²) in [5.41, 5.74) is 0.821. The number of hydrogen-bond acceptors (Lipinski definition) is 5. The molecule has 0 heterocycles. The largest absolute Gasteiger partial charge is 0.496 e. The van der Waals surface area contributed by atoms with Crippen molar-refractivity contribution in [1.29, 1.82) is 0 Å². The highest BCUT2D eigenvalue weighted by Gasteiger charge is 2.19. The van der Waals surface area contributed by atoms with Gasteiger partial charge in [-0.3, -0.25) is 4.79 Å². The summed E-state index contributed by atoms with van der Waals surface area (Å²) < 4.78 is 5.03. The Morgan fingerprint density at radius 2 is 2.06 bits per heavy atom. The third-order valence-corrected chi connectivity index (χ3v) is 2.55. The maximum atomic E-state index is 10.6. The number of aliphatic hydroxyl groups is 3. The molecule has 2 atom stereocenters. The Balaban J connectivity index is 3.01. The van der Waals surface area contributed by atoms with Gasteiger partial charge in [-0.25, -0.2) is 0 Å². The number of aliphatic carboxylic acids is 1. The molecule has 1 aromatic carbocycles. The molecule has 6 nitrogen and oxygen atoms in total.